The first-order chi connectivity index (χ1) is 11.0. The Labute approximate surface area is 146 Å². The molecule has 0 saturated carbocycles. The van der Waals surface area contributed by atoms with Crippen molar-refractivity contribution in [3.05, 3.63) is 94.6 Å². The highest BCUT2D eigenvalue weighted by Gasteiger charge is 2.03. The van der Waals surface area contributed by atoms with Crippen molar-refractivity contribution < 1.29 is 0 Å². The van der Waals surface area contributed by atoms with E-state index in [0.717, 1.165) is 30.4 Å². The van der Waals surface area contributed by atoms with Gasteiger partial charge in [-0.05, 0) is 54.5 Å². The average Bonchev–Trinajstić information content (AvgIpc) is 2.58. The summed E-state index contributed by atoms with van der Waals surface area (Å²) in [6, 6.07) is 8.76. The van der Waals surface area contributed by atoms with E-state index >= 15 is 0 Å². The van der Waals surface area contributed by atoms with Gasteiger partial charge in [0.1, 0.15) is 0 Å². The molecule has 23 heavy (non-hydrogen) atoms. The third-order valence-electron chi connectivity index (χ3n) is 3.79. The van der Waals surface area contributed by atoms with Gasteiger partial charge in [-0.2, -0.15) is 0 Å². The van der Waals surface area contributed by atoms with Crippen LogP contribution in [0.4, 0.5) is 0 Å². The van der Waals surface area contributed by atoms with Crippen molar-refractivity contribution >= 4 is 11.6 Å². The zero-order valence-corrected chi connectivity index (χ0v) is 15.3. The molecule has 1 aromatic carbocycles. The van der Waals surface area contributed by atoms with E-state index in [4.69, 9.17) is 11.6 Å². The summed E-state index contributed by atoms with van der Waals surface area (Å²) in [6.07, 6.45) is 10.7. The second kappa shape index (κ2) is 10.1. The third kappa shape index (κ3) is 6.46. The van der Waals surface area contributed by atoms with Gasteiger partial charge in [0.05, 0.1) is 0 Å². The molecule has 0 heterocycles. The highest BCUT2D eigenvalue weighted by Crippen LogP contribution is 2.21. The van der Waals surface area contributed by atoms with Gasteiger partial charge in [0.15, 0.2) is 0 Å². The van der Waals surface area contributed by atoms with Crippen molar-refractivity contribution in [1.29, 1.82) is 0 Å². The van der Waals surface area contributed by atoms with Gasteiger partial charge in [-0.1, -0.05) is 86.7 Å². The summed E-state index contributed by atoms with van der Waals surface area (Å²) < 4.78 is 0. The Kier molecular flexibility index (Phi) is 8.43. The van der Waals surface area contributed by atoms with E-state index in [1.807, 2.05) is 13.0 Å². The Balaban J connectivity index is 2.91. The Morgan fingerprint density at radius 3 is 2.17 bits per heavy atom. The van der Waals surface area contributed by atoms with Crippen LogP contribution in [0, 0.1) is 0 Å². The summed E-state index contributed by atoms with van der Waals surface area (Å²) in [5, 5.41) is 0.651. The summed E-state index contributed by atoms with van der Waals surface area (Å²) in [7, 11) is 0. The lowest BCUT2D eigenvalue weighted by molar-refractivity contribution is 1.09. The lowest BCUT2D eigenvalue weighted by atomic mass is 9.97. The first-order valence-corrected chi connectivity index (χ1v) is 8.54. The molecule has 0 radical (unpaired) electrons. The van der Waals surface area contributed by atoms with Crippen LogP contribution in [0.3, 0.4) is 0 Å². The number of aryl methyl sites for hydroxylation is 1. The minimum absolute atomic E-state index is 0.651. The molecule has 0 unspecified atom stereocenters. The third-order valence-corrected chi connectivity index (χ3v) is 4.06. The molecule has 0 spiro atoms. The minimum Gasteiger partial charge on any atom is -0.0976 e. The van der Waals surface area contributed by atoms with Gasteiger partial charge < -0.3 is 0 Å². The molecule has 0 aliphatic heterocycles. The number of hydrogen-bond acceptors (Lipinski definition) is 0. The Hall–Kier alpha value is -1.79. The molecule has 1 heteroatoms. The van der Waals surface area contributed by atoms with Crippen LogP contribution in [0.5, 0.6) is 0 Å². The maximum atomic E-state index is 6.09. The second-order valence-corrected chi connectivity index (χ2v) is 5.94. The molecule has 122 valence electrons. The largest absolute Gasteiger partial charge is 0.0976 e. The lowest BCUT2D eigenvalue weighted by Gasteiger charge is -2.09. The maximum absolute atomic E-state index is 6.09. The number of allylic oxidation sites excluding steroid dienone is 8. The second-order valence-electron chi connectivity index (χ2n) is 5.51. The molecule has 0 amide bonds. The molecule has 0 saturated heterocycles. The zero-order chi connectivity index (χ0) is 17.2. The predicted octanol–water partition coefficient (Wildman–Crippen LogP) is 6.94. The molecule has 0 aliphatic carbocycles. The van der Waals surface area contributed by atoms with Gasteiger partial charge in [-0.15, -0.1) is 0 Å². The first-order valence-electron chi connectivity index (χ1n) is 8.16. The highest BCUT2D eigenvalue weighted by molar-refractivity contribution is 6.31. The average molecular weight is 327 g/mol. The van der Waals surface area contributed by atoms with Crippen molar-refractivity contribution in [3.8, 4) is 0 Å². The zero-order valence-electron chi connectivity index (χ0n) is 14.5. The van der Waals surface area contributed by atoms with E-state index in [2.05, 4.69) is 63.4 Å². The molecular weight excluding hydrogens is 300 g/mol. The molecule has 1 rings (SSSR count). The van der Waals surface area contributed by atoms with Crippen LogP contribution in [-0.2, 0) is 12.8 Å². The fourth-order valence-corrected chi connectivity index (χ4v) is 2.53. The summed E-state index contributed by atoms with van der Waals surface area (Å²) >= 11 is 6.09. The maximum Gasteiger partial charge on any atom is 0.0406 e. The topological polar surface area (TPSA) is 0 Å². The van der Waals surface area contributed by atoms with Crippen molar-refractivity contribution in [2.45, 2.75) is 40.0 Å². The van der Waals surface area contributed by atoms with Crippen LogP contribution in [0.25, 0.3) is 0 Å². The van der Waals surface area contributed by atoms with Crippen LogP contribution in [0.15, 0.2) is 83.5 Å². The van der Waals surface area contributed by atoms with Crippen molar-refractivity contribution in [1.82, 2.24) is 0 Å². The van der Waals surface area contributed by atoms with Gasteiger partial charge in [-0.25, -0.2) is 0 Å². The monoisotopic (exact) mass is 326 g/mol. The van der Waals surface area contributed by atoms with E-state index in [-0.39, 0.29) is 0 Å². The highest BCUT2D eigenvalue weighted by atomic mass is 35.5. The standard InChI is InChI=1S/C22H27Cl/c1-6-18-10-12-19(13-11-18)14-17(5)15-20(7-2)21(8-3)16-22(23)9-4/h8-13,15-16H,4-7,14H2,1-3H3/b20-15+,21-8+,22-16+. The lowest BCUT2D eigenvalue weighted by Crippen LogP contribution is -1.92. The van der Waals surface area contributed by atoms with Crippen LogP contribution in [-0.4, -0.2) is 0 Å². The van der Waals surface area contributed by atoms with Crippen LogP contribution in [0.1, 0.15) is 38.3 Å². The SMILES string of the molecule is C=C\C(Cl)=C/C(=C\C)C(=C/C(=C)Cc1ccc(CC)cc1)/CC. The summed E-state index contributed by atoms with van der Waals surface area (Å²) in [5.74, 6) is 0. The van der Waals surface area contributed by atoms with E-state index in [1.165, 1.54) is 16.7 Å². The summed E-state index contributed by atoms with van der Waals surface area (Å²) in [6.45, 7) is 14.3. The fourth-order valence-electron chi connectivity index (χ4n) is 2.41. The summed E-state index contributed by atoms with van der Waals surface area (Å²) in [5.41, 5.74) is 6.13. The van der Waals surface area contributed by atoms with E-state index < -0.39 is 0 Å². The molecule has 0 fully saturated rings. The van der Waals surface area contributed by atoms with Gasteiger partial charge in [0, 0.05) is 5.03 Å². The van der Waals surface area contributed by atoms with Crippen LogP contribution >= 0.6 is 11.6 Å². The van der Waals surface area contributed by atoms with E-state index in [1.54, 1.807) is 6.08 Å². The number of halogens is 1. The van der Waals surface area contributed by atoms with E-state index in [0.29, 0.717) is 5.03 Å². The van der Waals surface area contributed by atoms with Crippen molar-refractivity contribution in [3.63, 3.8) is 0 Å². The normalized spacial score (nSPS) is 13.1. The Bertz CT molecular complexity index is 624. The van der Waals surface area contributed by atoms with E-state index in [9.17, 15) is 0 Å². The fraction of sp³-hybridized carbons (Fsp3) is 0.273. The van der Waals surface area contributed by atoms with Crippen LogP contribution in [0.2, 0.25) is 0 Å². The van der Waals surface area contributed by atoms with Gasteiger partial charge in [-0.3, -0.25) is 0 Å². The molecule has 0 aliphatic rings. The van der Waals surface area contributed by atoms with Crippen molar-refractivity contribution in [2.24, 2.45) is 0 Å². The Morgan fingerprint density at radius 1 is 1.09 bits per heavy atom. The summed E-state index contributed by atoms with van der Waals surface area (Å²) in [4.78, 5) is 0. The van der Waals surface area contributed by atoms with Gasteiger partial charge in [0.25, 0.3) is 0 Å². The molecule has 0 N–H and O–H groups in total. The molecule has 0 bridgehead atoms. The van der Waals surface area contributed by atoms with Gasteiger partial charge >= 0.3 is 0 Å². The minimum atomic E-state index is 0.651. The molecule has 0 aromatic heterocycles. The Morgan fingerprint density at radius 2 is 1.70 bits per heavy atom. The van der Waals surface area contributed by atoms with Crippen molar-refractivity contribution in [2.75, 3.05) is 0 Å². The molecular formula is C22H27Cl. The first kappa shape index (κ1) is 19.3. The number of benzene rings is 1. The molecule has 1 aromatic rings. The quantitative estimate of drug-likeness (QED) is 0.454. The van der Waals surface area contributed by atoms with Crippen LogP contribution < -0.4 is 0 Å². The molecule has 0 atom stereocenters. The number of rotatable bonds is 8. The van der Waals surface area contributed by atoms with Gasteiger partial charge in [0.2, 0.25) is 0 Å². The number of hydrogen-bond donors (Lipinski definition) is 0. The molecule has 0 nitrogen and oxygen atoms in total. The predicted molar refractivity (Wildman–Crippen MR) is 105 cm³/mol. The smallest absolute Gasteiger partial charge is 0.0406 e.